The van der Waals surface area contributed by atoms with Crippen LogP contribution in [-0.4, -0.2) is 61.2 Å². The molecule has 1 N–H and O–H groups in total. The molecule has 0 amide bonds. The maximum Gasteiger partial charge on any atom is 0.0113 e. The van der Waals surface area contributed by atoms with Crippen molar-refractivity contribution >= 4 is 0 Å². The molecule has 3 fully saturated rings. The van der Waals surface area contributed by atoms with E-state index in [1.807, 2.05) is 0 Å². The second-order valence-electron chi connectivity index (χ2n) is 7.47. The van der Waals surface area contributed by atoms with Gasteiger partial charge in [-0.2, -0.15) is 0 Å². The lowest BCUT2D eigenvalue weighted by atomic mass is 9.81. The molecule has 2 bridgehead atoms. The van der Waals surface area contributed by atoms with Gasteiger partial charge < -0.3 is 10.2 Å². The summed E-state index contributed by atoms with van der Waals surface area (Å²) in [4.78, 5) is 5.42. The van der Waals surface area contributed by atoms with Gasteiger partial charge in [0.2, 0.25) is 0 Å². The number of nitrogens with zero attached hydrogens (tertiary/aromatic N) is 2. The molecule has 0 radical (unpaired) electrons. The zero-order chi connectivity index (χ0) is 13.9. The van der Waals surface area contributed by atoms with Gasteiger partial charge in [0, 0.05) is 31.2 Å². The maximum atomic E-state index is 3.79. The highest BCUT2D eigenvalue weighted by atomic mass is 15.2. The van der Waals surface area contributed by atoms with E-state index in [1.165, 1.54) is 71.1 Å². The number of hydrogen-bond acceptors (Lipinski definition) is 3. The van der Waals surface area contributed by atoms with Gasteiger partial charge in [0.05, 0.1) is 0 Å². The van der Waals surface area contributed by atoms with E-state index in [4.69, 9.17) is 0 Å². The minimum atomic E-state index is 0.799. The molecule has 3 aliphatic heterocycles. The molecule has 116 valence electrons. The monoisotopic (exact) mass is 279 g/mol. The Morgan fingerprint density at radius 3 is 2.45 bits per heavy atom. The molecule has 0 aromatic carbocycles. The molecule has 0 saturated carbocycles. The summed E-state index contributed by atoms with van der Waals surface area (Å²) in [5.74, 6) is 0.934. The van der Waals surface area contributed by atoms with Gasteiger partial charge in [-0.1, -0.05) is 13.3 Å². The van der Waals surface area contributed by atoms with Crippen LogP contribution in [0.2, 0.25) is 0 Å². The Hall–Kier alpha value is -0.120. The molecular weight excluding hydrogens is 246 g/mol. The largest absolute Gasteiger partial charge is 0.314 e. The zero-order valence-electron chi connectivity index (χ0n) is 13.5. The average molecular weight is 279 g/mol. The molecule has 3 nitrogen and oxygen atoms in total. The van der Waals surface area contributed by atoms with Gasteiger partial charge in [0.1, 0.15) is 0 Å². The first-order chi connectivity index (χ1) is 9.76. The van der Waals surface area contributed by atoms with Crippen molar-refractivity contribution in [3.8, 4) is 0 Å². The normalized spacial score (nSPS) is 39.3. The van der Waals surface area contributed by atoms with Crippen molar-refractivity contribution in [3.05, 3.63) is 0 Å². The number of fused-ring (bicyclic) bond motifs is 2. The van der Waals surface area contributed by atoms with E-state index in [0.717, 1.165) is 24.0 Å². The Kier molecular flexibility index (Phi) is 5.00. The van der Waals surface area contributed by atoms with Crippen LogP contribution < -0.4 is 5.32 Å². The smallest absolute Gasteiger partial charge is 0.0113 e. The molecular formula is C17H33N3. The minimum absolute atomic E-state index is 0.799. The average Bonchev–Trinajstić information content (AvgIpc) is 2.82. The third-order valence-corrected chi connectivity index (χ3v) is 5.77. The first-order valence-electron chi connectivity index (χ1n) is 8.94. The molecule has 0 aromatic rings. The van der Waals surface area contributed by atoms with Crippen molar-refractivity contribution in [2.75, 3.05) is 33.2 Å². The molecule has 3 aliphatic rings. The lowest BCUT2D eigenvalue weighted by molar-refractivity contribution is 0.0134. The fourth-order valence-corrected chi connectivity index (χ4v) is 4.77. The quantitative estimate of drug-likeness (QED) is 0.833. The summed E-state index contributed by atoms with van der Waals surface area (Å²) in [6.07, 6.45) is 9.86. The SMILES string of the molecule is CCCNC1CC2CCCC(C1)N2CC1CCN(C)C1. The van der Waals surface area contributed by atoms with Gasteiger partial charge in [0.15, 0.2) is 0 Å². The summed E-state index contributed by atoms with van der Waals surface area (Å²) in [6, 6.07) is 2.55. The van der Waals surface area contributed by atoms with Crippen LogP contribution in [0, 0.1) is 5.92 Å². The number of likely N-dealkylation sites (tertiary alicyclic amines) is 1. The fraction of sp³-hybridized carbons (Fsp3) is 1.00. The van der Waals surface area contributed by atoms with E-state index in [0.29, 0.717) is 0 Å². The van der Waals surface area contributed by atoms with E-state index in [2.05, 4.69) is 29.1 Å². The Morgan fingerprint density at radius 2 is 1.85 bits per heavy atom. The summed E-state index contributed by atoms with van der Waals surface area (Å²) in [5, 5.41) is 3.79. The molecule has 3 atom stereocenters. The van der Waals surface area contributed by atoms with Gasteiger partial charge in [0.25, 0.3) is 0 Å². The summed E-state index contributed by atoms with van der Waals surface area (Å²) < 4.78 is 0. The van der Waals surface area contributed by atoms with Crippen LogP contribution in [0.5, 0.6) is 0 Å². The standard InChI is InChI=1S/C17H33N3/c1-3-8-18-15-10-16-5-4-6-17(11-15)20(16)13-14-7-9-19(2)12-14/h14-18H,3-13H2,1-2H3. The van der Waals surface area contributed by atoms with Crippen molar-refractivity contribution in [2.24, 2.45) is 5.92 Å². The second kappa shape index (κ2) is 6.76. The van der Waals surface area contributed by atoms with Gasteiger partial charge in [-0.15, -0.1) is 0 Å². The van der Waals surface area contributed by atoms with Crippen molar-refractivity contribution in [3.63, 3.8) is 0 Å². The van der Waals surface area contributed by atoms with Crippen LogP contribution in [-0.2, 0) is 0 Å². The molecule has 0 aliphatic carbocycles. The predicted octanol–water partition coefficient (Wildman–Crippen LogP) is 2.32. The second-order valence-corrected chi connectivity index (χ2v) is 7.47. The summed E-state index contributed by atoms with van der Waals surface area (Å²) in [5.41, 5.74) is 0. The summed E-state index contributed by atoms with van der Waals surface area (Å²) in [7, 11) is 2.28. The van der Waals surface area contributed by atoms with Gasteiger partial charge in [-0.25, -0.2) is 0 Å². The van der Waals surface area contributed by atoms with E-state index >= 15 is 0 Å². The Balaban J connectivity index is 1.56. The fourth-order valence-electron chi connectivity index (χ4n) is 4.77. The topological polar surface area (TPSA) is 18.5 Å². The lowest BCUT2D eigenvalue weighted by Crippen LogP contribution is -2.57. The van der Waals surface area contributed by atoms with Crippen molar-refractivity contribution in [1.82, 2.24) is 15.1 Å². The molecule has 0 spiro atoms. The van der Waals surface area contributed by atoms with Gasteiger partial charge in [-0.05, 0) is 64.6 Å². The Bertz CT molecular complexity index is 293. The number of hydrogen-bond donors (Lipinski definition) is 1. The zero-order valence-corrected chi connectivity index (χ0v) is 13.5. The molecule has 3 heteroatoms. The number of piperidine rings is 2. The number of rotatable bonds is 5. The van der Waals surface area contributed by atoms with Crippen LogP contribution in [0.1, 0.15) is 51.9 Å². The van der Waals surface area contributed by atoms with Crippen LogP contribution in [0.15, 0.2) is 0 Å². The predicted molar refractivity (Wildman–Crippen MR) is 85.1 cm³/mol. The summed E-state index contributed by atoms with van der Waals surface area (Å²) in [6.45, 7) is 7.50. The highest BCUT2D eigenvalue weighted by Gasteiger charge is 2.39. The van der Waals surface area contributed by atoms with E-state index in [9.17, 15) is 0 Å². The van der Waals surface area contributed by atoms with Crippen molar-refractivity contribution in [2.45, 2.75) is 70.0 Å². The van der Waals surface area contributed by atoms with Crippen LogP contribution in [0.25, 0.3) is 0 Å². The lowest BCUT2D eigenvalue weighted by Gasteiger charge is -2.50. The third-order valence-electron chi connectivity index (χ3n) is 5.77. The van der Waals surface area contributed by atoms with E-state index < -0.39 is 0 Å². The van der Waals surface area contributed by atoms with Crippen molar-refractivity contribution in [1.29, 1.82) is 0 Å². The highest BCUT2D eigenvalue weighted by Crippen LogP contribution is 2.35. The van der Waals surface area contributed by atoms with Crippen LogP contribution in [0.3, 0.4) is 0 Å². The van der Waals surface area contributed by atoms with E-state index in [1.54, 1.807) is 0 Å². The third kappa shape index (κ3) is 3.37. The highest BCUT2D eigenvalue weighted by molar-refractivity contribution is 4.96. The first kappa shape index (κ1) is 14.8. The Labute approximate surface area is 125 Å². The Morgan fingerprint density at radius 1 is 1.10 bits per heavy atom. The maximum absolute atomic E-state index is 3.79. The molecule has 0 aromatic heterocycles. The van der Waals surface area contributed by atoms with E-state index in [-0.39, 0.29) is 0 Å². The molecule has 3 rings (SSSR count). The molecule has 3 saturated heterocycles. The van der Waals surface area contributed by atoms with Gasteiger partial charge in [-0.3, -0.25) is 4.90 Å². The molecule has 3 unspecified atom stereocenters. The summed E-state index contributed by atoms with van der Waals surface area (Å²) >= 11 is 0. The number of nitrogens with one attached hydrogen (secondary N) is 1. The molecule has 20 heavy (non-hydrogen) atoms. The van der Waals surface area contributed by atoms with Crippen molar-refractivity contribution < 1.29 is 0 Å². The first-order valence-corrected chi connectivity index (χ1v) is 8.94. The van der Waals surface area contributed by atoms with Crippen LogP contribution >= 0.6 is 0 Å². The van der Waals surface area contributed by atoms with Gasteiger partial charge >= 0.3 is 0 Å². The molecule has 3 heterocycles. The minimum Gasteiger partial charge on any atom is -0.314 e. The van der Waals surface area contributed by atoms with Crippen LogP contribution in [0.4, 0.5) is 0 Å².